The molecule has 3 aromatic rings. The van der Waals surface area contributed by atoms with Crippen LogP contribution in [0.15, 0.2) is 41.1 Å². The Hall–Kier alpha value is -2.55. The zero-order valence-electron chi connectivity index (χ0n) is 18.6. The molecule has 2 atom stereocenters. The molecule has 0 spiro atoms. The third kappa shape index (κ3) is 4.48. The van der Waals surface area contributed by atoms with Gasteiger partial charge in [0.1, 0.15) is 17.7 Å². The molecule has 1 aromatic carbocycles. The Kier molecular flexibility index (Phi) is 6.08. The molecule has 0 radical (unpaired) electrons. The number of thiophene rings is 1. The van der Waals surface area contributed by atoms with Crippen molar-refractivity contribution in [2.45, 2.75) is 39.0 Å². The van der Waals surface area contributed by atoms with Gasteiger partial charge in [0.15, 0.2) is 0 Å². The highest BCUT2D eigenvalue weighted by Gasteiger charge is 2.31. The number of aromatic nitrogens is 2. The number of anilines is 1. The second-order valence-corrected chi connectivity index (χ2v) is 9.89. The summed E-state index contributed by atoms with van der Waals surface area (Å²) in [5, 5.41) is 12.0. The van der Waals surface area contributed by atoms with E-state index in [1.807, 2.05) is 24.3 Å². The summed E-state index contributed by atoms with van der Waals surface area (Å²) in [6, 6.07) is 10.1. The Morgan fingerprint density at radius 3 is 2.88 bits per heavy atom. The molecule has 2 N–H and O–H groups in total. The number of fused-ring (bicyclic) bond motifs is 5. The minimum atomic E-state index is -0.349. The van der Waals surface area contributed by atoms with Crippen LogP contribution in [0.25, 0.3) is 10.9 Å². The summed E-state index contributed by atoms with van der Waals surface area (Å²) in [5.74, 6) is 1.71. The lowest BCUT2D eigenvalue weighted by atomic mass is 10.0. The highest BCUT2D eigenvalue weighted by Crippen LogP contribution is 2.24. The lowest BCUT2D eigenvalue weighted by Crippen LogP contribution is -2.57. The van der Waals surface area contributed by atoms with Crippen molar-refractivity contribution in [3.05, 3.63) is 52.5 Å². The first-order valence-electron chi connectivity index (χ1n) is 11.3. The van der Waals surface area contributed by atoms with Crippen molar-refractivity contribution in [3.8, 4) is 0 Å². The Labute approximate surface area is 192 Å². The number of para-hydroxylation sites is 1. The van der Waals surface area contributed by atoms with Crippen LogP contribution in [0.3, 0.4) is 0 Å². The zero-order valence-corrected chi connectivity index (χ0v) is 19.4. The monoisotopic (exact) mass is 450 g/mol. The van der Waals surface area contributed by atoms with Crippen molar-refractivity contribution in [1.82, 2.24) is 25.1 Å². The van der Waals surface area contributed by atoms with Crippen LogP contribution in [0, 0.1) is 5.92 Å². The highest BCUT2D eigenvalue weighted by molar-refractivity contribution is 7.07. The summed E-state index contributed by atoms with van der Waals surface area (Å²) in [7, 11) is 0. The topological polar surface area (TPSA) is 73.4 Å². The predicted molar refractivity (Wildman–Crippen MR) is 129 cm³/mol. The van der Waals surface area contributed by atoms with Crippen molar-refractivity contribution < 1.29 is 4.79 Å². The quantitative estimate of drug-likeness (QED) is 0.639. The van der Waals surface area contributed by atoms with Gasteiger partial charge in [-0.25, -0.2) is 9.97 Å². The van der Waals surface area contributed by atoms with E-state index in [9.17, 15) is 4.79 Å². The van der Waals surface area contributed by atoms with Crippen LogP contribution in [-0.4, -0.2) is 63.9 Å². The van der Waals surface area contributed by atoms with E-state index < -0.39 is 0 Å². The van der Waals surface area contributed by atoms with Gasteiger partial charge in [-0.3, -0.25) is 14.6 Å². The minimum absolute atomic E-state index is 0.0288. The van der Waals surface area contributed by atoms with Gasteiger partial charge in [0, 0.05) is 44.2 Å². The van der Waals surface area contributed by atoms with Gasteiger partial charge in [-0.15, -0.1) is 0 Å². The Bertz CT molecular complexity index is 1090. The fraction of sp³-hybridized carbons (Fsp3) is 0.458. The molecular formula is C24H30N6OS. The maximum atomic E-state index is 13.2. The second kappa shape index (κ2) is 9.13. The van der Waals surface area contributed by atoms with Crippen LogP contribution in [0.4, 0.5) is 5.82 Å². The molecule has 0 aliphatic carbocycles. The second-order valence-electron chi connectivity index (χ2n) is 9.11. The number of rotatable bonds is 3. The number of hydrogen-bond acceptors (Lipinski definition) is 7. The third-order valence-electron chi connectivity index (χ3n) is 6.42. The van der Waals surface area contributed by atoms with Crippen LogP contribution in [0.5, 0.6) is 0 Å². The smallest absolute Gasteiger partial charge is 0.242 e. The van der Waals surface area contributed by atoms with E-state index in [1.54, 1.807) is 11.3 Å². The van der Waals surface area contributed by atoms with Crippen LogP contribution >= 0.6 is 11.3 Å². The molecule has 32 heavy (non-hydrogen) atoms. The standard InChI is InChI=1S/C24H30N6OS/c1-16(2)22-24(31)25-11-18-13-29(12-17-7-10-32-15-17)8-9-30(18)14-21-26-20-6-4-3-5-19(20)23(27-21)28-22/h3-7,10,15-16,18,22H,8-9,11-14H2,1-2H3,(H,25,31)(H,26,27,28)/t18?,22-/m0/s1. The summed E-state index contributed by atoms with van der Waals surface area (Å²) in [4.78, 5) is 27.8. The molecule has 1 amide bonds. The van der Waals surface area contributed by atoms with E-state index in [0.717, 1.165) is 48.7 Å². The van der Waals surface area contributed by atoms with E-state index in [-0.39, 0.29) is 23.9 Å². The molecular weight excluding hydrogens is 420 g/mol. The summed E-state index contributed by atoms with van der Waals surface area (Å²) in [6.07, 6.45) is 0. The van der Waals surface area contributed by atoms with E-state index >= 15 is 0 Å². The molecule has 2 aliphatic heterocycles. The number of carbonyl (C=O) groups excluding carboxylic acids is 1. The third-order valence-corrected chi connectivity index (χ3v) is 7.15. The van der Waals surface area contributed by atoms with Crippen molar-refractivity contribution in [2.24, 2.45) is 5.92 Å². The van der Waals surface area contributed by atoms with Crippen molar-refractivity contribution in [2.75, 3.05) is 31.5 Å². The molecule has 2 aromatic heterocycles. The highest BCUT2D eigenvalue weighted by atomic mass is 32.1. The van der Waals surface area contributed by atoms with Crippen LogP contribution in [0.1, 0.15) is 25.2 Å². The van der Waals surface area contributed by atoms with Gasteiger partial charge in [0.05, 0.1) is 12.1 Å². The number of piperazine rings is 1. The molecule has 2 bridgehead atoms. The Balaban J connectivity index is 1.46. The fourth-order valence-corrected chi connectivity index (χ4v) is 5.30. The summed E-state index contributed by atoms with van der Waals surface area (Å²) in [5.41, 5.74) is 2.27. The lowest BCUT2D eigenvalue weighted by Gasteiger charge is -2.41. The fourth-order valence-electron chi connectivity index (χ4n) is 4.64. The molecule has 1 saturated heterocycles. The van der Waals surface area contributed by atoms with E-state index in [4.69, 9.17) is 9.97 Å². The number of benzene rings is 1. The van der Waals surface area contributed by atoms with Gasteiger partial charge in [-0.1, -0.05) is 26.0 Å². The molecule has 8 heteroatoms. The molecule has 5 rings (SSSR count). The average Bonchev–Trinajstić information content (AvgIpc) is 3.29. The van der Waals surface area contributed by atoms with Gasteiger partial charge in [0.2, 0.25) is 5.91 Å². The van der Waals surface area contributed by atoms with E-state index in [1.165, 1.54) is 5.56 Å². The minimum Gasteiger partial charge on any atom is -0.358 e. The number of hydrogen-bond donors (Lipinski definition) is 2. The SMILES string of the molecule is CC(C)[C@@H]1Nc2nc(nc3ccccc23)CN2CCN(Cc3ccsc3)CC2CNC1=O. The first-order chi connectivity index (χ1) is 15.6. The van der Waals surface area contributed by atoms with Crippen LogP contribution < -0.4 is 10.6 Å². The summed E-state index contributed by atoms with van der Waals surface area (Å²) < 4.78 is 0. The van der Waals surface area contributed by atoms with Gasteiger partial charge in [-0.2, -0.15) is 11.3 Å². The Morgan fingerprint density at radius 2 is 2.06 bits per heavy atom. The molecule has 1 fully saturated rings. The molecule has 0 saturated carbocycles. The Morgan fingerprint density at radius 1 is 1.19 bits per heavy atom. The van der Waals surface area contributed by atoms with Crippen molar-refractivity contribution in [3.63, 3.8) is 0 Å². The first kappa shape index (κ1) is 21.3. The zero-order chi connectivity index (χ0) is 22.1. The lowest BCUT2D eigenvalue weighted by molar-refractivity contribution is -0.123. The van der Waals surface area contributed by atoms with Crippen molar-refractivity contribution >= 4 is 34.0 Å². The summed E-state index contributed by atoms with van der Waals surface area (Å²) >= 11 is 1.74. The van der Waals surface area contributed by atoms with Crippen LogP contribution in [0.2, 0.25) is 0 Å². The van der Waals surface area contributed by atoms with E-state index in [0.29, 0.717) is 13.1 Å². The first-order valence-corrected chi connectivity index (χ1v) is 12.3. The number of amides is 1. The van der Waals surface area contributed by atoms with Gasteiger partial charge >= 0.3 is 0 Å². The number of nitrogens with one attached hydrogen (secondary N) is 2. The average molecular weight is 451 g/mol. The maximum absolute atomic E-state index is 13.2. The van der Waals surface area contributed by atoms with Gasteiger partial charge < -0.3 is 10.6 Å². The predicted octanol–water partition coefficient (Wildman–Crippen LogP) is 2.94. The summed E-state index contributed by atoms with van der Waals surface area (Å²) in [6.45, 7) is 9.22. The molecule has 168 valence electrons. The normalized spacial score (nSPS) is 22.8. The molecule has 1 unspecified atom stereocenters. The number of carbonyl (C=O) groups is 1. The molecule has 4 heterocycles. The van der Waals surface area contributed by atoms with Crippen molar-refractivity contribution in [1.29, 1.82) is 0 Å². The van der Waals surface area contributed by atoms with Gasteiger partial charge in [-0.05, 0) is 40.4 Å². The maximum Gasteiger partial charge on any atom is 0.242 e. The molecule has 7 nitrogen and oxygen atoms in total. The largest absolute Gasteiger partial charge is 0.358 e. The molecule has 2 aliphatic rings. The van der Waals surface area contributed by atoms with E-state index in [2.05, 4.69) is 51.1 Å². The van der Waals surface area contributed by atoms with Crippen LogP contribution in [-0.2, 0) is 17.9 Å². The number of nitrogens with zero attached hydrogens (tertiary/aromatic N) is 4. The van der Waals surface area contributed by atoms with Gasteiger partial charge in [0.25, 0.3) is 0 Å².